The molecule has 0 radical (unpaired) electrons. The molecule has 0 saturated heterocycles. The highest BCUT2D eigenvalue weighted by molar-refractivity contribution is 6.76. The highest BCUT2D eigenvalue weighted by Gasteiger charge is 2.12. The largest absolute Gasteiger partial charge is 0.115 e. The highest BCUT2D eigenvalue weighted by atomic mass is 28.3. The zero-order chi connectivity index (χ0) is 10.6. The van der Waals surface area contributed by atoms with Gasteiger partial charge < -0.3 is 0 Å². The van der Waals surface area contributed by atoms with Crippen molar-refractivity contribution >= 4 is 8.07 Å². The van der Waals surface area contributed by atoms with Crippen LogP contribution in [0, 0.1) is 12.3 Å². The fraction of sp³-hybridized carbons (Fsp3) is 0.385. The predicted molar refractivity (Wildman–Crippen MR) is 66.2 cm³/mol. The Morgan fingerprint density at radius 3 is 2.14 bits per heavy atom. The second kappa shape index (κ2) is 4.48. The van der Waals surface area contributed by atoms with Crippen molar-refractivity contribution in [3.05, 3.63) is 35.4 Å². The van der Waals surface area contributed by atoms with Gasteiger partial charge in [0.15, 0.2) is 0 Å². The van der Waals surface area contributed by atoms with E-state index >= 15 is 0 Å². The summed E-state index contributed by atoms with van der Waals surface area (Å²) in [6.45, 7) is 7.22. The molecule has 0 heterocycles. The summed E-state index contributed by atoms with van der Waals surface area (Å²) in [4.78, 5) is 0. The van der Waals surface area contributed by atoms with Crippen molar-refractivity contribution in [1.29, 1.82) is 0 Å². The Bertz CT molecular complexity index is 322. The second-order valence-electron chi connectivity index (χ2n) is 4.90. The number of rotatable bonds is 3. The lowest BCUT2D eigenvalue weighted by Crippen LogP contribution is -2.19. The van der Waals surface area contributed by atoms with Gasteiger partial charge in [0.25, 0.3) is 0 Å². The smallest absolute Gasteiger partial charge is 0.0445 e. The molecule has 0 aliphatic heterocycles. The third-order valence-corrected chi connectivity index (χ3v) is 4.03. The molecule has 0 N–H and O–H groups in total. The van der Waals surface area contributed by atoms with E-state index in [2.05, 4.69) is 37.7 Å². The maximum atomic E-state index is 5.30. The molecule has 0 fully saturated rings. The van der Waals surface area contributed by atoms with Gasteiger partial charge in [-0.2, -0.15) is 0 Å². The SMILES string of the molecule is C#Cc1ccc(CC[Si](C)(C)C)cc1. The van der Waals surface area contributed by atoms with Gasteiger partial charge in [-0.25, -0.2) is 0 Å². The Labute approximate surface area is 88.4 Å². The molecule has 0 aliphatic rings. The Kier molecular flexibility index (Phi) is 3.54. The van der Waals surface area contributed by atoms with Crippen LogP contribution < -0.4 is 0 Å². The van der Waals surface area contributed by atoms with Crippen molar-refractivity contribution in [3.8, 4) is 12.3 Å². The fourth-order valence-electron chi connectivity index (χ4n) is 1.29. The molecule has 1 rings (SSSR count). The van der Waals surface area contributed by atoms with E-state index in [1.54, 1.807) is 0 Å². The normalized spacial score (nSPS) is 11.0. The molecule has 74 valence electrons. The minimum Gasteiger partial charge on any atom is -0.115 e. The summed E-state index contributed by atoms with van der Waals surface area (Å²) < 4.78 is 0. The molecule has 1 heteroatoms. The van der Waals surface area contributed by atoms with Crippen molar-refractivity contribution in [1.82, 2.24) is 0 Å². The number of hydrogen-bond acceptors (Lipinski definition) is 0. The first-order valence-corrected chi connectivity index (χ1v) is 8.77. The summed E-state index contributed by atoms with van der Waals surface area (Å²) in [6, 6.07) is 9.70. The van der Waals surface area contributed by atoms with Gasteiger partial charge in [-0.05, 0) is 24.1 Å². The topological polar surface area (TPSA) is 0 Å². The average Bonchev–Trinajstić information content (AvgIpc) is 2.14. The van der Waals surface area contributed by atoms with Crippen LogP contribution in [0.1, 0.15) is 11.1 Å². The van der Waals surface area contributed by atoms with E-state index in [1.807, 2.05) is 12.1 Å². The summed E-state index contributed by atoms with van der Waals surface area (Å²) in [5.74, 6) is 2.64. The van der Waals surface area contributed by atoms with E-state index in [-0.39, 0.29) is 0 Å². The summed E-state index contributed by atoms with van der Waals surface area (Å²) >= 11 is 0. The molecule has 0 amide bonds. The Hall–Kier alpha value is -1.00. The van der Waals surface area contributed by atoms with Crippen molar-refractivity contribution < 1.29 is 0 Å². The van der Waals surface area contributed by atoms with E-state index in [1.165, 1.54) is 18.0 Å². The minimum atomic E-state index is -0.902. The maximum absolute atomic E-state index is 5.30. The maximum Gasteiger partial charge on any atom is 0.0445 e. The van der Waals surface area contributed by atoms with E-state index < -0.39 is 8.07 Å². The third kappa shape index (κ3) is 3.80. The van der Waals surface area contributed by atoms with E-state index in [9.17, 15) is 0 Å². The molecule has 14 heavy (non-hydrogen) atoms. The lowest BCUT2D eigenvalue weighted by atomic mass is 10.1. The van der Waals surface area contributed by atoms with Crippen LogP contribution >= 0.6 is 0 Å². The number of benzene rings is 1. The van der Waals surface area contributed by atoms with E-state index in [4.69, 9.17) is 6.42 Å². The average molecular weight is 202 g/mol. The lowest BCUT2D eigenvalue weighted by Gasteiger charge is -2.15. The monoisotopic (exact) mass is 202 g/mol. The van der Waals surface area contributed by atoms with Crippen molar-refractivity contribution in [2.45, 2.75) is 32.1 Å². The summed E-state index contributed by atoms with van der Waals surface area (Å²) in [7, 11) is -0.902. The molecular formula is C13H18Si. The Morgan fingerprint density at radius 1 is 1.14 bits per heavy atom. The van der Waals surface area contributed by atoms with Gasteiger partial charge >= 0.3 is 0 Å². The summed E-state index contributed by atoms with van der Waals surface area (Å²) in [5.41, 5.74) is 2.38. The quantitative estimate of drug-likeness (QED) is 0.519. The van der Waals surface area contributed by atoms with Crippen molar-refractivity contribution in [3.63, 3.8) is 0 Å². The number of aryl methyl sites for hydroxylation is 1. The van der Waals surface area contributed by atoms with Gasteiger partial charge in [0, 0.05) is 13.6 Å². The van der Waals surface area contributed by atoms with Crippen LogP contribution in [-0.2, 0) is 6.42 Å². The second-order valence-corrected chi connectivity index (χ2v) is 10.5. The van der Waals surface area contributed by atoms with Gasteiger partial charge in [-0.3, -0.25) is 0 Å². The molecule has 0 aliphatic carbocycles. The van der Waals surface area contributed by atoms with Crippen LogP contribution in [-0.4, -0.2) is 8.07 Å². The highest BCUT2D eigenvalue weighted by Crippen LogP contribution is 2.14. The molecule has 1 aromatic carbocycles. The number of terminal acetylenes is 1. The first kappa shape index (κ1) is 11.1. The first-order valence-electron chi connectivity index (χ1n) is 5.07. The van der Waals surface area contributed by atoms with Gasteiger partial charge in [0.2, 0.25) is 0 Å². The zero-order valence-corrected chi connectivity index (χ0v) is 10.3. The number of hydrogen-bond donors (Lipinski definition) is 0. The van der Waals surface area contributed by atoms with Gasteiger partial charge in [0.1, 0.15) is 0 Å². The van der Waals surface area contributed by atoms with Crippen LogP contribution in [0.4, 0.5) is 0 Å². The molecule has 0 spiro atoms. The molecule has 0 aromatic heterocycles. The Balaban J connectivity index is 2.58. The standard InChI is InChI=1S/C13H18Si/c1-5-12-6-8-13(9-7-12)10-11-14(2,3)4/h1,6-9H,10-11H2,2-4H3. The Morgan fingerprint density at radius 2 is 1.71 bits per heavy atom. The minimum absolute atomic E-state index is 0.902. The molecule has 0 unspecified atom stereocenters. The van der Waals surface area contributed by atoms with Crippen LogP contribution in [0.5, 0.6) is 0 Å². The lowest BCUT2D eigenvalue weighted by molar-refractivity contribution is 1.09. The summed E-state index contributed by atoms with van der Waals surface area (Å²) in [5, 5.41) is 0. The van der Waals surface area contributed by atoms with Crippen molar-refractivity contribution in [2.75, 3.05) is 0 Å². The molecule has 0 saturated carbocycles. The summed E-state index contributed by atoms with van der Waals surface area (Å²) in [6.07, 6.45) is 6.49. The predicted octanol–water partition coefficient (Wildman–Crippen LogP) is 3.55. The molecule has 0 nitrogen and oxygen atoms in total. The van der Waals surface area contributed by atoms with Crippen molar-refractivity contribution in [2.24, 2.45) is 0 Å². The van der Waals surface area contributed by atoms with Gasteiger partial charge in [-0.15, -0.1) is 6.42 Å². The van der Waals surface area contributed by atoms with Gasteiger partial charge in [-0.1, -0.05) is 43.7 Å². The van der Waals surface area contributed by atoms with Crippen LogP contribution in [0.2, 0.25) is 25.7 Å². The molecule has 1 aromatic rings. The van der Waals surface area contributed by atoms with Crippen LogP contribution in [0.25, 0.3) is 0 Å². The van der Waals surface area contributed by atoms with Crippen LogP contribution in [0.3, 0.4) is 0 Å². The third-order valence-electron chi connectivity index (χ3n) is 2.28. The fourth-order valence-corrected chi connectivity index (χ4v) is 2.33. The van der Waals surface area contributed by atoms with Crippen LogP contribution in [0.15, 0.2) is 24.3 Å². The molecule has 0 atom stereocenters. The van der Waals surface area contributed by atoms with Gasteiger partial charge in [0.05, 0.1) is 0 Å². The first-order chi connectivity index (χ1) is 6.51. The van der Waals surface area contributed by atoms with E-state index in [0.29, 0.717) is 0 Å². The molecule has 0 bridgehead atoms. The molecular weight excluding hydrogens is 184 g/mol. The van der Waals surface area contributed by atoms with E-state index in [0.717, 1.165) is 5.56 Å². The zero-order valence-electron chi connectivity index (χ0n) is 9.30.